The van der Waals surface area contributed by atoms with Crippen LogP contribution >= 0.6 is 0 Å². The van der Waals surface area contributed by atoms with Gasteiger partial charge in [0.1, 0.15) is 6.33 Å². The highest BCUT2D eigenvalue weighted by atomic mass is 15.0. The molecule has 0 fully saturated rings. The van der Waals surface area contributed by atoms with Crippen molar-refractivity contribution < 1.29 is 0 Å². The molecule has 0 spiro atoms. The molecule has 140 valence electrons. The van der Waals surface area contributed by atoms with Gasteiger partial charge in [-0.25, -0.2) is 4.98 Å². The van der Waals surface area contributed by atoms with E-state index in [-0.39, 0.29) is 0 Å². The van der Waals surface area contributed by atoms with Gasteiger partial charge >= 0.3 is 0 Å². The number of aryl methyl sites for hydroxylation is 2. The zero-order valence-electron chi connectivity index (χ0n) is 16.6. The largest absolute Gasteiger partial charge is 0.299 e. The molecule has 0 aliphatic rings. The van der Waals surface area contributed by atoms with E-state index in [0.717, 1.165) is 35.1 Å². The van der Waals surface area contributed by atoms with Crippen molar-refractivity contribution in [1.29, 1.82) is 0 Å². The monoisotopic (exact) mass is 366 g/mol. The Kier molecular flexibility index (Phi) is 5.38. The van der Waals surface area contributed by atoms with E-state index < -0.39 is 0 Å². The van der Waals surface area contributed by atoms with Gasteiger partial charge < -0.3 is 0 Å². The van der Waals surface area contributed by atoms with E-state index in [1.807, 2.05) is 6.33 Å². The fraction of sp³-hybridized carbons (Fsp3) is 0.192. The smallest absolute Gasteiger partial charge is 0.100 e. The lowest BCUT2D eigenvalue weighted by atomic mass is 10.1. The molecule has 3 aromatic carbocycles. The predicted octanol–water partition coefficient (Wildman–Crippen LogP) is 6.71. The second kappa shape index (κ2) is 8.26. The van der Waals surface area contributed by atoms with Crippen LogP contribution in [0, 0.1) is 0 Å². The zero-order chi connectivity index (χ0) is 19.3. The first-order valence-corrected chi connectivity index (χ1v) is 10.1. The van der Waals surface area contributed by atoms with E-state index in [1.54, 1.807) is 0 Å². The van der Waals surface area contributed by atoms with Crippen LogP contribution in [0.25, 0.3) is 28.9 Å². The van der Waals surface area contributed by atoms with Crippen LogP contribution in [0.5, 0.6) is 0 Å². The molecular weight excluding hydrogens is 340 g/mol. The van der Waals surface area contributed by atoms with Gasteiger partial charge in [-0.3, -0.25) is 4.57 Å². The first-order valence-electron chi connectivity index (χ1n) is 10.1. The molecule has 4 rings (SSSR count). The van der Waals surface area contributed by atoms with Crippen LogP contribution in [0.2, 0.25) is 0 Å². The van der Waals surface area contributed by atoms with Crippen molar-refractivity contribution in [1.82, 2.24) is 9.55 Å². The lowest BCUT2D eigenvalue weighted by Gasteiger charge is -2.06. The van der Waals surface area contributed by atoms with E-state index in [0.29, 0.717) is 0 Å². The molecule has 1 aromatic heterocycles. The number of hydrogen-bond donors (Lipinski definition) is 0. The highest BCUT2D eigenvalue weighted by Crippen LogP contribution is 2.21. The quantitative estimate of drug-likeness (QED) is 0.347. The molecule has 0 bridgehead atoms. The molecule has 0 atom stereocenters. The fourth-order valence-electron chi connectivity index (χ4n) is 3.51. The molecule has 0 saturated carbocycles. The van der Waals surface area contributed by atoms with Crippen molar-refractivity contribution >= 4 is 23.2 Å². The van der Waals surface area contributed by atoms with Gasteiger partial charge in [0.15, 0.2) is 0 Å². The maximum atomic E-state index is 4.62. The van der Waals surface area contributed by atoms with E-state index in [4.69, 9.17) is 0 Å². The molecule has 0 radical (unpaired) electrons. The van der Waals surface area contributed by atoms with E-state index in [9.17, 15) is 0 Å². The number of rotatable bonds is 6. The highest BCUT2D eigenvalue weighted by Gasteiger charge is 2.05. The van der Waals surface area contributed by atoms with Crippen molar-refractivity contribution in [2.24, 2.45) is 0 Å². The van der Waals surface area contributed by atoms with Crippen molar-refractivity contribution in [2.75, 3.05) is 0 Å². The third-order valence-electron chi connectivity index (χ3n) is 5.18. The Labute approximate surface area is 167 Å². The fourth-order valence-corrected chi connectivity index (χ4v) is 3.51. The van der Waals surface area contributed by atoms with E-state index in [2.05, 4.69) is 102 Å². The Morgan fingerprint density at radius 1 is 0.786 bits per heavy atom. The molecule has 28 heavy (non-hydrogen) atoms. The van der Waals surface area contributed by atoms with Crippen LogP contribution in [0.15, 0.2) is 73.1 Å². The minimum absolute atomic E-state index is 1.01. The zero-order valence-corrected chi connectivity index (χ0v) is 16.6. The Bertz CT molecular complexity index is 1080. The summed E-state index contributed by atoms with van der Waals surface area (Å²) in [7, 11) is 0. The number of imidazole rings is 1. The van der Waals surface area contributed by atoms with Crippen molar-refractivity contribution in [3.05, 3.63) is 95.3 Å². The number of nitrogens with zero attached hydrogens (tertiary/aromatic N) is 2. The lowest BCUT2D eigenvalue weighted by Crippen LogP contribution is -1.92. The maximum Gasteiger partial charge on any atom is 0.100 e. The summed E-state index contributed by atoms with van der Waals surface area (Å²) in [6.07, 6.45) is 9.60. The summed E-state index contributed by atoms with van der Waals surface area (Å²) in [5.74, 6) is 0. The summed E-state index contributed by atoms with van der Waals surface area (Å²) in [4.78, 5) is 4.62. The summed E-state index contributed by atoms with van der Waals surface area (Å²) < 4.78 is 2.15. The highest BCUT2D eigenvalue weighted by molar-refractivity contribution is 5.82. The average Bonchev–Trinajstić information content (AvgIpc) is 3.17. The maximum absolute atomic E-state index is 4.62. The van der Waals surface area contributed by atoms with Crippen molar-refractivity contribution in [3.8, 4) is 5.69 Å². The van der Waals surface area contributed by atoms with Crippen LogP contribution < -0.4 is 0 Å². The van der Waals surface area contributed by atoms with Gasteiger partial charge in [-0.2, -0.15) is 0 Å². The number of aromatic nitrogens is 2. The third-order valence-corrected chi connectivity index (χ3v) is 5.18. The second-order valence-corrected chi connectivity index (χ2v) is 7.21. The molecule has 1 heterocycles. The molecule has 0 amide bonds. The number of fused-ring (bicyclic) bond motifs is 1. The lowest BCUT2D eigenvalue weighted by molar-refractivity contribution is 0.920. The van der Waals surface area contributed by atoms with Gasteiger partial charge in [-0.1, -0.05) is 74.9 Å². The summed E-state index contributed by atoms with van der Waals surface area (Å²) in [5.41, 5.74) is 8.43. The summed E-state index contributed by atoms with van der Waals surface area (Å²) >= 11 is 0. The Hall–Kier alpha value is -3.13. The average molecular weight is 367 g/mol. The Balaban J connectivity index is 1.57. The summed E-state index contributed by atoms with van der Waals surface area (Å²) in [6, 6.07) is 24.0. The minimum Gasteiger partial charge on any atom is -0.299 e. The molecular formula is C26H26N2. The van der Waals surface area contributed by atoms with Crippen LogP contribution in [0.3, 0.4) is 0 Å². The molecule has 0 unspecified atom stereocenters. The molecule has 0 N–H and O–H groups in total. The van der Waals surface area contributed by atoms with E-state index in [1.165, 1.54) is 23.1 Å². The molecule has 0 aliphatic carbocycles. The van der Waals surface area contributed by atoms with Gasteiger partial charge in [-0.15, -0.1) is 0 Å². The van der Waals surface area contributed by atoms with Gasteiger partial charge in [0, 0.05) is 5.69 Å². The number of hydrogen-bond acceptors (Lipinski definition) is 1. The first kappa shape index (κ1) is 18.2. The van der Waals surface area contributed by atoms with E-state index >= 15 is 0 Å². The molecule has 0 aliphatic heterocycles. The van der Waals surface area contributed by atoms with Crippen molar-refractivity contribution in [3.63, 3.8) is 0 Å². The Morgan fingerprint density at radius 3 is 2.18 bits per heavy atom. The predicted molar refractivity (Wildman–Crippen MR) is 120 cm³/mol. The normalized spacial score (nSPS) is 11.5. The molecule has 2 heteroatoms. The third kappa shape index (κ3) is 3.91. The molecule has 4 aromatic rings. The topological polar surface area (TPSA) is 17.8 Å². The SMILES string of the molecule is CCCc1ccc(-n2cnc3cc(/C=C/c4ccc(CC)cc4)ccc32)cc1. The standard InChI is InChI=1S/C26H26N2/c1-3-5-21-12-15-24(16-13-21)28-19-27-25-18-23(14-17-26(25)28)11-10-22-8-6-20(4-2)7-9-22/h6-19H,3-5H2,1-2H3/b11-10+. The Morgan fingerprint density at radius 2 is 1.46 bits per heavy atom. The first-order chi connectivity index (χ1) is 13.8. The van der Waals surface area contributed by atoms with Gasteiger partial charge in [-0.05, 0) is 59.4 Å². The minimum atomic E-state index is 1.01. The van der Waals surface area contributed by atoms with Gasteiger partial charge in [0.25, 0.3) is 0 Å². The molecule has 2 nitrogen and oxygen atoms in total. The van der Waals surface area contributed by atoms with Gasteiger partial charge in [0.2, 0.25) is 0 Å². The van der Waals surface area contributed by atoms with Crippen LogP contribution in [-0.4, -0.2) is 9.55 Å². The van der Waals surface area contributed by atoms with Crippen molar-refractivity contribution in [2.45, 2.75) is 33.1 Å². The molecule has 0 saturated heterocycles. The summed E-state index contributed by atoms with van der Waals surface area (Å²) in [6.45, 7) is 4.39. The van der Waals surface area contributed by atoms with Crippen LogP contribution in [0.1, 0.15) is 42.5 Å². The van der Waals surface area contributed by atoms with Crippen LogP contribution in [-0.2, 0) is 12.8 Å². The van der Waals surface area contributed by atoms with Crippen LogP contribution in [0.4, 0.5) is 0 Å². The summed E-state index contributed by atoms with van der Waals surface area (Å²) in [5, 5.41) is 0. The second-order valence-electron chi connectivity index (χ2n) is 7.21. The van der Waals surface area contributed by atoms with Gasteiger partial charge in [0.05, 0.1) is 11.0 Å². The number of benzene rings is 3.